The SMILES string of the molecule is c1ccc(-c2ccc(N(c3ccc4ccccc4c3)c3c(-c4ccc5oc(-c6ccccc6)nc5c4)c4ccccc4c4oc5ccccc5c34)cc2)cc1. The van der Waals surface area contributed by atoms with Gasteiger partial charge in [0.05, 0.1) is 11.1 Å². The van der Waals surface area contributed by atoms with Crippen molar-refractivity contribution in [2.75, 3.05) is 4.90 Å². The van der Waals surface area contributed by atoms with Crippen LogP contribution < -0.4 is 4.90 Å². The molecule has 9 aromatic carbocycles. The third kappa shape index (κ3) is 5.19. The highest BCUT2D eigenvalue weighted by atomic mass is 16.3. The van der Waals surface area contributed by atoms with Crippen LogP contribution in [0.3, 0.4) is 0 Å². The van der Waals surface area contributed by atoms with Crippen LogP contribution in [-0.4, -0.2) is 4.98 Å². The van der Waals surface area contributed by atoms with Crippen LogP contribution in [0.15, 0.2) is 203 Å². The van der Waals surface area contributed by atoms with E-state index < -0.39 is 0 Å². The summed E-state index contributed by atoms with van der Waals surface area (Å²) in [5.41, 5.74) is 11.8. The van der Waals surface area contributed by atoms with E-state index in [4.69, 9.17) is 13.8 Å². The fourth-order valence-corrected chi connectivity index (χ4v) is 8.08. The maximum atomic E-state index is 6.83. The molecule has 0 aliphatic rings. The maximum Gasteiger partial charge on any atom is 0.227 e. The van der Waals surface area contributed by atoms with E-state index in [9.17, 15) is 0 Å². The summed E-state index contributed by atoms with van der Waals surface area (Å²) >= 11 is 0. The zero-order valence-electron chi connectivity index (χ0n) is 29.7. The van der Waals surface area contributed by atoms with Crippen molar-refractivity contribution in [2.45, 2.75) is 0 Å². The molecule has 4 heteroatoms. The number of hydrogen-bond acceptors (Lipinski definition) is 4. The summed E-state index contributed by atoms with van der Waals surface area (Å²) in [6.07, 6.45) is 0. The molecule has 55 heavy (non-hydrogen) atoms. The van der Waals surface area contributed by atoms with Crippen LogP contribution in [0.2, 0.25) is 0 Å². The van der Waals surface area contributed by atoms with Crippen LogP contribution in [0, 0.1) is 0 Å². The molecule has 0 saturated carbocycles. The Hall–Kier alpha value is -7.43. The molecular weight excluding hydrogens is 673 g/mol. The first kappa shape index (κ1) is 31.1. The number of rotatable bonds is 6. The molecule has 0 saturated heterocycles. The highest BCUT2D eigenvalue weighted by molar-refractivity contribution is 6.27. The Bertz CT molecular complexity index is 3200. The van der Waals surface area contributed by atoms with Crippen LogP contribution in [0.1, 0.15) is 0 Å². The van der Waals surface area contributed by atoms with Gasteiger partial charge in [0.2, 0.25) is 5.89 Å². The number of para-hydroxylation sites is 1. The van der Waals surface area contributed by atoms with E-state index in [-0.39, 0.29) is 0 Å². The monoisotopic (exact) mass is 704 g/mol. The number of benzene rings is 9. The predicted octanol–water partition coefficient (Wildman–Crippen LogP) is 14.5. The van der Waals surface area contributed by atoms with Gasteiger partial charge in [0.15, 0.2) is 5.58 Å². The Morgan fingerprint density at radius 2 is 1.02 bits per heavy atom. The van der Waals surface area contributed by atoms with E-state index in [1.807, 2.05) is 36.4 Å². The molecule has 0 bridgehead atoms. The van der Waals surface area contributed by atoms with E-state index in [0.717, 1.165) is 83.1 Å². The summed E-state index contributed by atoms with van der Waals surface area (Å²) in [4.78, 5) is 7.43. The quantitative estimate of drug-likeness (QED) is 0.173. The van der Waals surface area contributed by atoms with Gasteiger partial charge in [0, 0.05) is 33.3 Å². The molecule has 2 heterocycles. The van der Waals surface area contributed by atoms with Gasteiger partial charge in [0.25, 0.3) is 0 Å². The third-order valence-corrected chi connectivity index (χ3v) is 10.7. The van der Waals surface area contributed by atoms with E-state index >= 15 is 0 Å². The zero-order valence-corrected chi connectivity index (χ0v) is 29.7. The molecule has 11 aromatic rings. The van der Waals surface area contributed by atoms with Gasteiger partial charge in [-0.05, 0) is 87.4 Å². The van der Waals surface area contributed by atoms with E-state index in [1.165, 1.54) is 16.3 Å². The molecule has 0 aliphatic heterocycles. The molecular formula is C51H32N2O2. The third-order valence-electron chi connectivity index (χ3n) is 10.7. The minimum absolute atomic E-state index is 0.602. The Morgan fingerprint density at radius 3 is 1.82 bits per heavy atom. The summed E-state index contributed by atoms with van der Waals surface area (Å²) in [5, 5.41) is 6.60. The molecule has 0 amide bonds. The van der Waals surface area contributed by atoms with Crippen LogP contribution in [0.4, 0.5) is 17.1 Å². The van der Waals surface area contributed by atoms with Gasteiger partial charge in [-0.3, -0.25) is 0 Å². The molecule has 4 nitrogen and oxygen atoms in total. The molecule has 258 valence electrons. The van der Waals surface area contributed by atoms with Crippen molar-refractivity contribution in [3.8, 4) is 33.7 Å². The van der Waals surface area contributed by atoms with Crippen molar-refractivity contribution in [2.24, 2.45) is 0 Å². The highest BCUT2D eigenvalue weighted by Gasteiger charge is 2.27. The Morgan fingerprint density at radius 1 is 0.400 bits per heavy atom. The summed E-state index contributed by atoms with van der Waals surface area (Å²) in [7, 11) is 0. The molecule has 11 rings (SSSR count). The average Bonchev–Trinajstić information content (AvgIpc) is 3.87. The number of anilines is 3. The van der Waals surface area contributed by atoms with Gasteiger partial charge in [-0.25, -0.2) is 4.98 Å². The van der Waals surface area contributed by atoms with Gasteiger partial charge >= 0.3 is 0 Å². The molecule has 0 fully saturated rings. The number of furan rings is 1. The van der Waals surface area contributed by atoms with Crippen LogP contribution in [-0.2, 0) is 0 Å². The molecule has 0 unspecified atom stereocenters. The van der Waals surface area contributed by atoms with Crippen molar-refractivity contribution in [3.05, 3.63) is 194 Å². The van der Waals surface area contributed by atoms with Crippen LogP contribution in [0.25, 0.3) is 88.3 Å². The minimum Gasteiger partial charge on any atom is -0.455 e. The Kier molecular flexibility index (Phi) is 7.14. The molecule has 0 radical (unpaired) electrons. The maximum absolute atomic E-state index is 6.83. The second-order valence-corrected chi connectivity index (χ2v) is 13.9. The fraction of sp³-hybridized carbons (Fsp3) is 0. The topological polar surface area (TPSA) is 42.4 Å². The first-order valence-electron chi connectivity index (χ1n) is 18.5. The largest absolute Gasteiger partial charge is 0.455 e. The second kappa shape index (κ2) is 12.6. The lowest BCUT2D eigenvalue weighted by atomic mass is 9.91. The number of oxazole rings is 1. The smallest absolute Gasteiger partial charge is 0.227 e. The van der Waals surface area contributed by atoms with Gasteiger partial charge in [0.1, 0.15) is 16.7 Å². The number of hydrogen-bond donors (Lipinski definition) is 0. The summed E-state index contributed by atoms with van der Waals surface area (Å²) in [6, 6.07) is 68.1. The second-order valence-electron chi connectivity index (χ2n) is 13.9. The normalized spacial score (nSPS) is 11.6. The molecule has 0 aliphatic carbocycles. The van der Waals surface area contributed by atoms with Gasteiger partial charge in [-0.2, -0.15) is 0 Å². The average molecular weight is 705 g/mol. The standard InChI is InChI=1S/C51H32N2O2/c1-3-13-33(14-4-1)35-23-27-39(28-24-35)53(40-29-25-34-15-7-8-18-37(34)31-40)49-47(38-26-30-46-44(32-38)52-51(55-46)36-16-5-2-6-17-36)41-19-9-10-20-42(41)50-48(49)43-21-11-12-22-45(43)54-50/h1-32H. The molecule has 2 aromatic heterocycles. The lowest BCUT2D eigenvalue weighted by Gasteiger charge is -2.30. The number of nitrogens with zero attached hydrogens (tertiary/aromatic N) is 2. The van der Waals surface area contributed by atoms with Crippen molar-refractivity contribution in [1.29, 1.82) is 0 Å². The molecule has 0 spiro atoms. The van der Waals surface area contributed by atoms with Crippen molar-refractivity contribution in [3.63, 3.8) is 0 Å². The minimum atomic E-state index is 0.602. The fourth-order valence-electron chi connectivity index (χ4n) is 8.08. The number of fused-ring (bicyclic) bond motifs is 7. The Balaban J connectivity index is 1.25. The van der Waals surface area contributed by atoms with E-state index in [1.54, 1.807) is 0 Å². The van der Waals surface area contributed by atoms with E-state index in [0.29, 0.717) is 5.89 Å². The predicted molar refractivity (Wildman–Crippen MR) is 227 cm³/mol. The van der Waals surface area contributed by atoms with Gasteiger partial charge < -0.3 is 13.7 Å². The van der Waals surface area contributed by atoms with Crippen LogP contribution >= 0.6 is 0 Å². The summed E-state index contributed by atoms with van der Waals surface area (Å²) in [5.74, 6) is 0.602. The summed E-state index contributed by atoms with van der Waals surface area (Å²) in [6.45, 7) is 0. The molecule has 0 atom stereocenters. The Labute approximate surface area is 317 Å². The van der Waals surface area contributed by atoms with E-state index in [2.05, 4.69) is 163 Å². The van der Waals surface area contributed by atoms with Crippen molar-refractivity contribution < 1.29 is 8.83 Å². The first-order chi connectivity index (χ1) is 27.3. The molecule has 0 N–H and O–H groups in total. The van der Waals surface area contributed by atoms with Crippen LogP contribution in [0.5, 0.6) is 0 Å². The lowest BCUT2D eigenvalue weighted by Crippen LogP contribution is -2.12. The van der Waals surface area contributed by atoms with Gasteiger partial charge in [-0.1, -0.05) is 140 Å². The first-order valence-corrected chi connectivity index (χ1v) is 18.5. The lowest BCUT2D eigenvalue weighted by molar-refractivity contribution is 0.620. The van der Waals surface area contributed by atoms with Crippen molar-refractivity contribution in [1.82, 2.24) is 4.98 Å². The summed E-state index contributed by atoms with van der Waals surface area (Å²) < 4.78 is 13.2. The zero-order chi connectivity index (χ0) is 36.3. The van der Waals surface area contributed by atoms with Crippen molar-refractivity contribution >= 4 is 71.6 Å². The van der Waals surface area contributed by atoms with Gasteiger partial charge in [-0.15, -0.1) is 0 Å². The highest BCUT2D eigenvalue weighted by Crippen LogP contribution is 2.52. The number of aromatic nitrogens is 1.